The van der Waals surface area contributed by atoms with Crippen LogP contribution in [0.2, 0.25) is 0 Å². The summed E-state index contributed by atoms with van der Waals surface area (Å²) in [5.41, 5.74) is -2.39. The molecule has 162 valence electrons. The smallest absolute Gasteiger partial charge is 0.355 e. The van der Waals surface area contributed by atoms with Crippen LogP contribution in [-0.4, -0.2) is 75.6 Å². The molecule has 29 heavy (non-hydrogen) atoms. The van der Waals surface area contributed by atoms with E-state index in [1.54, 1.807) is 27.7 Å². The van der Waals surface area contributed by atoms with Gasteiger partial charge < -0.3 is 28.6 Å². The minimum atomic E-state index is -1.23. The number of carbonyl (C=O) groups is 4. The summed E-state index contributed by atoms with van der Waals surface area (Å²) in [6.45, 7) is 6.98. The molecule has 1 aliphatic rings. The summed E-state index contributed by atoms with van der Waals surface area (Å²) in [6, 6.07) is 0. The molecule has 0 radical (unpaired) electrons. The molecule has 1 heterocycles. The highest BCUT2D eigenvalue weighted by Crippen LogP contribution is 2.39. The Morgan fingerprint density at radius 3 is 1.62 bits per heavy atom. The summed E-state index contributed by atoms with van der Waals surface area (Å²) in [7, 11) is 4.39. The number of esters is 4. The van der Waals surface area contributed by atoms with E-state index in [1.807, 2.05) is 0 Å². The van der Waals surface area contributed by atoms with Gasteiger partial charge in [0, 0.05) is 12.1 Å². The molecule has 0 fully saturated rings. The Morgan fingerprint density at radius 2 is 1.24 bits per heavy atom. The van der Waals surface area contributed by atoms with Crippen molar-refractivity contribution in [1.82, 2.24) is 4.90 Å². The van der Waals surface area contributed by atoms with E-state index in [-0.39, 0.29) is 17.9 Å². The van der Waals surface area contributed by atoms with Crippen molar-refractivity contribution in [2.24, 2.45) is 0 Å². The number of ether oxygens (including phenoxy) is 5. The Balaban J connectivity index is 4.22. The molecule has 10 nitrogen and oxygen atoms in total. The molecule has 0 aromatic carbocycles. The molecule has 0 aromatic heterocycles. The van der Waals surface area contributed by atoms with Gasteiger partial charge in [-0.15, -0.1) is 0 Å². The maximum absolute atomic E-state index is 12.7. The largest absolute Gasteiger partial charge is 0.466 e. The standard InChI is InChI=1S/C19H27NO9/c1-9-29-14-12(17(23)27-7)10(15(21)25-5)11(16(22)26-6)13(18(24)28-8)20(14)19(2,3)4/h14H,9H2,1-8H3. The van der Waals surface area contributed by atoms with Crippen LogP contribution in [0.3, 0.4) is 0 Å². The highest BCUT2D eigenvalue weighted by atomic mass is 16.5. The van der Waals surface area contributed by atoms with Gasteiger partial charge in [-0.1, -0.05) is 0 Å². The number of hydrogen-bond donors (Lipinski definition) is 0. The SMILES string of the molecule is CCOC1C(C(=O)OC)=C(C(=O)OC)C(C(=O)OC)=C(C(=O)OC)N1C(C)(C)C. The van der Waals surface area contributed by atoms with Crippen molar-refractivity contribution in [3.8, 4) is 0 Å². The van der Waals surface area contributed by atoms with Crippen LogP contribution >= 0.6 is 0 Å². The average Bonchev–Trinajstić information content (AvgIpc) is 2.69. The van der Waals surface area contributed by atoms with Crippen LogP contribution in [0, 0.1) is 0 Å². The van der Waals surface area contributed by atoms with Gasteiger partial charge in [0.1, 0.15) is 16.8 Å². The van der Waals surface area contributed by atoms with E-state index in [2.05, 4.69) is 0 Å². The topological polar surface area (TPSA) is 118 Å². The Hall–Kier alpha value is -2.88. The molecule has 1 atom stereocenters. The summed E-state index contributed by atoms with van der Waals surface area (Å²) in [6.07, 6.45) is -1.23. The molecule has 1 unspecified atom stereocenters. The number of hydrogen-bond acceptors (Lipinski definition) is 10. The van der Waals surface area contributed by atoms with Gasteiger partial charge in [0.05, 0.1) is 34.0 Å². The van der Waals surface area contributed by atoms with E-state index in [4.69, 9.17) is 23.7 Å². The third-order valence-corrected chi connectivity index (χ3v) is 4.09. The van der Waals surface area contributed by atoms with Gasteiger partial charge in [-0.3, -0.25) is 0 Å². The molecule has 0 N–H and O–H groups in total. The summed E-state index contributed by atoms with van der Waals surface area (Å²) in [4.78, 5) is 52.1. The van der Waals surface area contributed by atoms with Crippen LogP contribution in [0.5, 0.6) is 0 Å². The predicted molar refractivity (Wildman–Crippen MR) is 99.1 cm³/mol. The second-order valence-corrected chi connectivity index (χ2v) is 6.83. The van der Waals surface area contributed by atoms with Crippen LogP contribution in [0.15, 0.2) is 22.4 Å². The third-order valence-electron chi connectivity index (χ3n) is 4.09. The summed E-state index contributed by atoms with van der Waals surface area (Å²) < 4.78 is 25.0. The van der Waals surface area contributed by atoms with Crippen LogP contribution < -0.4 is 0 Å². The summed E-state index contributed by atoms with van der Waals surface area (Å²) >= 11 is 0. The molecule has 10 heteroatoms. The zero-order chi connectivity index (χ0) is 22.5. The molecule has 1 rings (SSSR count). The maximum atomic E-state index is 12.7. The lowest BCUT2D eigenvalue weighted by Gasteiger charge is -2.46. The Labute approximate surface area is 169 Å². The quantitative estimate of drug-likeness (QED) is 0.455. The molecule has 0 aromatic rings. The highest BCUT2D eigenvalue weighted by Gasteiger charge is 2.50. The molecule has 0 aliphatic carbocycles. The second-order valence-electron chi connectivity index (χ2n) is 6.83. The summed E-state index contributed by atoms with van der Waals surface area (Å²) in [5.74, 6) is -3.92. The number of rotatable bonds is 6. The molecule has 0 saturated heterocycles. The normalized spacial score (nSPS) is 17.1. The lowest BCUT2D eigenvalue weighted by atomic mass is 9.88. The maximum Gasteiger partial charge on any atom is 0.355 e. The molecule has 0 saturated carbocycles. The fraction of sp³-hybridized carbons (Fsp3) is 0.579. The van der Waals surface area contributed by atoms with Crippen molar-refractivity contribution < 1.29 is 42.9 Å². The number of carbonyl (C=O) groups excluding carboxylic acids is 4. The molecule has 0 amide bonds. The number of nitrogens with zero attached hydrogens (tertiary/aromatic N) is 1. The van der Waals surface area contributed by atoms with Gasteiger partial charge in [-0.05, 0) is 27.7 Å². The molecule has 1 aliphatic heterocycles. The average molecular weight is 413 g/mol. The molecular weight excluding hydrogens is 386 g/mol. The zero-order valence-electron chi connectivity index (χ0n) is 17.9. The molecule has 0 bridgehead atoms. The fourth-order valence-corrected chi connectivity index (χ4v) is 2.97. The first-order valence-corrected chi connectivity index (χ1v) is 8.74. The lowest BCUT2D eigenvalue weighted by molar-refractivity contribution is -0.150. The van der Waals surface area contributed by atoms with Crippen LogP contribution in [0.4, 0.5) is 0 Å². The first kappa shape index (κ1) is 24.2. The number of methoxy groups -OCH3 is 4. The minimum Gasteiger partial charge on any atom is -0.466 e. The van der Waals surface area contributed by atoms with E-state index in [0.717, 1.165) is 28.4 Å². The lowest BCUT2D eigenvalue weighted by Crippen LogP contribution is -2.55. The third kappa shape index (κ3) is 4.58. The van der Waals surface area contributed by atoms with Crippen molar-refractivity contribution in [3.63, 3.8) is 0 Å². The molecule has 0 spiro atoms. The Morgan fingerprint density at radius 1 is 0.793 bits per heavy atom. The van der Waals surface area contributed by atoms with Gasteiger partial charge in [0.25, 0.3) is 0 Å². The first-order valence-electron chi connectivity index (χ1n) is 8.74. The van der Waals surface area contributed by atoms with Gasteiger partial charge >= 0.3 is 23.9 Å². The van der Waals surface area contributed by atoms with Gasteiger partial charge in [0.15, 0.2) is 6.23 Å². The Kier molecular flexibility index (Phi) is 7.96. The fourth-order valence-electron chi connectivity index (χ4n) is 2.97. The molecular formula is C19H27NO9. The van der Waals surface area contributed by atoms with Crippen molar-refractivity contribution >= 4 is 23.9 Å². The Bertz CT molecular complexity index is 758. The van der Waals surface area contributed by atoms with Crippen molar-refractivity contribution in [1.29, 1.82) is 0 Å². The minimum absolute atomic E-state index is 0.119. The van der Waals surface area contributed by atoms with E-state index >= 15 is 0 Å². The van der Waals surface area contributed by atoms with Crippen LogP contribution in [-0.2, 0) is 42.9 Å². The van der Waals surface area contributed by atoms with Crippen molar-refractivity contribution in [3.05, 3.63) is 22.4 Å². The van der Waals surface area contributed by atoms with Crippen molar-refractivity contribution in [2.75, 3.05) is 35.0 Å². The van der Waals surface area contributed by atoms with Gasteiger partial charge in [0.2, 0.25) is 0 Å². The second kappa shape index (κ2) is 9.55. The van der Waals surface area contributed by atoms with Crippen LogP contribution in [0.1, 0.15) is 27.7 Å². The monoisotopic (exact) mass is 413 g/mol. The summed E-state index contributed by atoms with van der Waals surface area (Å²) in [5, 5.41) is 0. The van der Waals surface area contributed by atoms with E-state index in [0.29, 0.717) is 0 Å². The van der Waals surface area contributed by atoms with Crippen LogP contribution in [0.25, 0.3) is 0 Å². The van der Waals surface area contributed by atoms with E-state index in [1.165, 1.54) is 4.90 Å². The van der Waals surface area contributed by atoms with Crippen molar-refractivity contribution in [2.45, 2.75) is 39.5 Å². The van der Waals surface area contributed by atoms with Gasteiger partial charge in [-0.2, -0.15) is 0 Å². The highest BCUT2D eigenvalue weighted by molar-refractivity contribution is 6.16. The predicted octanol–water partition coefficient (Wildman–Crippen LogP) is 0.706. The van der Waals surface area contributed by atoms with Gasteiger partial charge in [-0.25, -0.2) is 19.2 Å². The zero-order valence-corrected chi connectivity index (χ0v) is 17.9. The van der Waals surface area contributed by atoms with E-state index in [9.17, 15) is 19.2 Å². The van der Waals surface area contributed by atoms with E-state index < -0.39 is 46.8 Å². The first-order chi connectivity index (χ1) is 13.5.